The Hall–Kier alpha value is -0.770. The van der Waals surface area contributed by atoms with Gasteiger partial charge in [0, 0.05) is 12.1 Å². The average molecular weight is 228 g/mol. The Kier molecular flexibility index (Phi) is 7.99. The molecule has 96 valence electrons. The van der Waals surface area contributed by atoms with E-state index in [1.54, 1.807) is 0 Å². The van der Waals surface area contributed by atoms with Crippen LogP contribution in [0.2, 0.25) is 0 Å². The SMILES string of the molecule is CCC(C)NC(N)=NCC(C)N(CC)CC. The smallest absolute Gasteiger partial charge is 0.188 e. The Bertz CT molecular complexity index is 199. The summed E-state index contributed by atoms with van der Waals surface area (Å²) < 4.78 is 0. The van der Waals surface area contributed by atoms with Gasteiger partial charge in [0.25, 0.3) is 0 Å². The molecule has 0 aromatic heterocycles. The molecule has 2 atom stereocenters. The maximum absolute atomic E-state index is 5.80. The zero-order valence-corrected chi connectivity index (χ0v) is 11.5. The van der Waals surface area contributed by atoms with Crippen molar-refractivity contribution in [2.24, 2.45) is 10.7 Å². The molecule has 16 heavy (non-hydrogen) atoms. The van der Waals surface area contributed by atoms with Crippen molar-refractivity contribution in [3.63, 3.8) is 0 Å². The van der Waals surface area contributed by atoms with Crippen LogP contribution in [-0.4, -0.2) is 42.6 Å². The minimum absolute atomic E-state index is 0.396. The Morgan fingerprint density at radius 2 is 1.81 bits per heavy atom. The van der Waals surface area contributed by atoms with E-state index >= 15 is 0 Å². The summed E-state index contributed by atoms with van der Waals surface area (Å²) >= 11 is 0. The minimum atomic E-state index is 0.396. The number of hydrogen-bond donors (Lipinski definition) is 2. The van der Waals surface area contributed by atoms with Crippen LogP contribution in [0.15, 0.2) is 4.99 Å². The van der Waals surface area contributed by atoms with Gasteiger partial charge in [-0.05, 0) is 33.4 Å². The lowest BCUT2D eigenvalue weighted by atomic mass is 10.2. The summed E-state index contributed by atoms with van der Waals surface area (Å²) in [4.78, 5) is 6.75. The quantitative estimate of drug-likeness (QED) is 0.512. The molecule has 0 saturated heterocycles. The molecule has 4 heteroatoms. The van der Waals surface area contributed by atoms with E-state index in [0.717, 1.165) is 26.1 Å². The molecule has 0 spiro atoms. The van der Waals surface area contributed by atoms with Crippen LogP contribution in [0.5, 0.6) is 0 Å². The lowest BCUT2D eigenvalue weighted by molar-refractivity contribution is 0.237. The van der Waals surface area contributed by atoms with Crippen LogP contribution < -0.4 is 11.1 Å². The van der Waals surface area contributed by atoms with E-state index in [1.807, 2.05) is 0 Å². The van der Waals surface area contributed by atoms with Gasteiger partial charge in [-0.2, -0.15) is 0 Å². The van der Waals surface area contributed by atoms with Gasteiger partial charge in [-0.15, -0.1) is 0 Å². The normalized spacial score (nSPS) is 16.2. The lowest BCUT2D eigenvalue weighted by Gasteiger charge is -2.25. The first kappa shape index (κ1) is 15.2. The van der Waals surface area contributed by atoms with Crippen LogP contribution in [0, 0.1) is 0 Å². The van der Waals surface area contributed by atoms with Crippen molar-refractivity contribution in [3.05, 3.63) is 0 Å². The van der Waals surface area contributed by atoms with Crippen LogP contribution in [0.25, 0.3) is 0 Å². The van der Waals surface area contributed by atoms with Crippen LogP contribution in [0.1, 0.15) is 41.0 Å². The zero-order chi connectivity index (χ0) is 12.6. The van der Waals surface area contributed by atoms with Gasteiger partial charge in [0.2, 0.25) is 0 Å². The van der Waals surface area contributed by atoms with E-state index < -0.39 is 0 Å². The molecule has 0 rings (SSSR count). The van der Waals surface area contributed by atoms with Crippen molar-refractivity contribution in [3.8, 4) is 0 Å². The number of hydrogen-bond acceptors (Lipinski definition) is 2. The number of nitrogens with zero attached hydrogens (tertiary/aromatic N) is 2. The monoisotopic (exact) mass is 228 g/mol. The first-order valence-electron chi connectivity index (χ1n) is 6.35. The molecule has 0 aliphatic carbocycles. The largest absolute Gasteiger partial charge is 0.370 e. The third kappa shape index (κ3) is 5.95. The summed E-state index contributed by atoms with van der Waals surface area (Å²) in [7, 11) is 0. The van der Waals surface area contributed by atoms with Gasteiger partial charge in [-0.25, -0.2) is 0 Å². The number of guanidine groups is 1. The fourth-order valence-electron chi connectivity index (χ4n) is 1.59. The average Bonchev–Trinajstić information content (AvgIpc) is 2.27. The Balaban J connectivity index is 4.04. The molecular weight excluding hydrogens is 200 g/mol. The highest BCUT2D eigenvalue weighted by molar-refractivity contribution is 5.78. The van der Waals surface area contributed by atoms with Crippen LogP contribution in [0.3, 0.4) is 0 Å². The molecule has 4 nitrogen and oxygen atoms in total. The van der Waals surface area contributed by atoms with Gasteiger partial charge in [0.15, 0.2) is 5.96 Å². The summed E-state index contributed by atoms with van der Waals surface area (Å²) in [6.45, 7) is 13.6. The molecule has 0 aliphatic rings. The van der Waals surface area contributed by atoms with E-state index in [9.17, 15) is 0 Å². The fourth-order valence-corrected chi connectivity index (χ4v) is 1.59. The molecule has 0 radical (unpaired) electrons. The predicted octanol–water partition coefficient (Wildman–Crippen LogP) is 1.42. The molecule has 0 saturated carbocycles. The Labute approximate surface area is 100 Å². The predicted molar refractivity (Wildman–Crippen MR) is 71.8 cm³/mol. The molecule has 0 fully saturated rings. The minimum Gasteiger partial charge on any atom is -0.370 e. The van der Waals surface area contributed by atoms with Crippen molar-refractivity contribution < 1.29 is 0 Å². The molecule has 2 unspecified atom stereocenters. The highest BCUT2D eigenvalue weighted by Crippen LogP contribution is 1.98. The summed E-state index contributed by atoms with van der Waals surface area (Å²) in [5, 5.41) is 3.17. The number of nitrogens with one attached hydrogen (secondary N) is 1. The molecule has 0 aromatic rings. The van der Waals surface area contributed by atoms with Crippen molar-refractivity contribution >= 4 is 5.96 Å². The second kappa shape index (κ2) is 8.39. The molecule has 3 N–H and O–H groups in total. The first-order valence-corrected chi connectivity index (χ1v) is 6.35. The molecule has 0 aromatic carbocycles. The van der Waals surface area contributed by atoms with Gasteiger partial charge >= 0.3 is 0 Å². The standard InChI is InChI=1S/C12H28N4/c1-6-10(4)15-12(13)14-9-11(5)16(7-2)8-3/h10-11H,6-9H2,1-5H3,(H3,13,14,15). The molecular formula is C12H28N4. The molecule has 0 aliphatic heterocycles. The van der Waals surface area contributed by atoms with E-state index in [4.69, 9.17) is 5.73 Å². The van der Waals surface area contributed by atoms with Crippen molar-refractivity contribution in [1.82, 2.24) is 10.2 Å². The molecule has 0 amide bonds. The number of rotatable bonds is 7. The highest BCUT2D eigenvalue weighted by atomic mass is 15.2. The highest BCUT2D eigenvalue weighted by Gasteiger charge is 2.09. The van der Waals surface area contributed by atoms with E-state index in [1.165, 1.54) is 0 Å². The third-order valence-corrected chi connectivity index (χ3v) is 2.97. The van der Waals surface area contributed by atoms with Crippen molar-refractivity contribution in [2.45, 2.75) is 53.1 Å². The Morgan fingerprint density at radius 1 is 1.25 bits per heavy atom. The summed E-state index contributed by atoms with van der Waals surface area (Å²) in [5.74, 6) is 0.563. The summed E-state index contributed by atoms with van der Waals surface area (Å²) in [6.07, 6.45) is 1.06. The molecule has 0 heterocycles. The van der Waals surface area contributed by atoms with Crippen molar-refractivity contribution in [1.29, 1.82) is 0 Å². The second-order valence-electron chi connectivity index (χ2n) is 4.25. The maximum Gasteiger partial charge on any atom is 0.188 e. The number of aliphatic imine (C=N–C) groups is 1. The Morgan fingerprint density at radius 3 is 2.25 bits per heavy atom. The van der Waals surface area contributed by atoms with Crippen LogP contribution >= 0.6 is 0 Å². The lowest BCUT2D eigenvalue weighted by Crippen LogP contribution is -2.40. The zero-order valence-electron chi connectivity index (χ0n) is 11.5. The van der Waals surface area contributed by atoms with E-state index in [-0.39, 0.29) is 0 Å². The fraction of sp³-hybridized carbons (Fsp3) is 0.917. The summed E-state index contributed by atoms with van der Waals surface area (Å²) in [6, 6.07) is 0.847. The second-order valence-corrected chi connectivity index (χ2v) is 4.25. The van der Waals surface area contributed by atoms with Gasteiger partial charge in [0.05, 0.1) is 6.54 Å². The van der Waals surface area contributed by atoms with Gasteiger partial charge < -0.3 is 11.1 Å². The van der Waals surface area contributed by atoms with E-state index in [2.05, 4.69) is 49.8 Å². The van der Waals surface area contributed by atoms with E-state index in [0.29, 0.717) is 18.0 Å². The van der Waals surface area contributed by atoms with Gasteiger partial charge in [0.1, 0.15) is 0 Å². The van der Waals surface area contributed by atoms with Crippen LogP contribution in [0.4, 0.5) is 0 Å². The topological polar surface area (TPSA) is 53.6 Å². The van der Waals surface area contributed by atoms with Gasteiger partial charge in [-0.3, -0.25) is 9.89 Å². The molecule has 0 bridgehead atoms. The number of nitrogens with two attached hydrogens (primary N) is 1. The van der Waals surface area contributed by atoms with Crippen LogP contribution in [-0.2, 0) is 0 Å². The summed E-state index contributed by atoms with van der Waals surface area (Å²) in [5.41, 5.74) is 5.80. The first-order chi connectivity index (χ1) is 7.54. The van der Waals surface area contributed by atoms with Gasteiger partial charge in [-0.1, -0.05) is 20.8 Å². The number of likely N-dealkylation sites (N-methyl/N-ethyl adjacent to an activating group) is 1. The maximum atomic E-state index is 5.80. The third-order valence-electron chi connectivity index (χ3n) is 2.97. The van der Waals surface area contributed by atoms with Crippen molar-refractivity contribution in [2.75, 3.05) is 19.6 Å².